The van der Waals surface area contributed by atoms with E-state index in [4.69, 9.17) is 11.5 Å². The maximum absolute atomic E-state index is 12.9. The lowest BCUT2D eigenvalue weighted by Gasteiger charge is -2.29. The van der Waals surface area contributed by atoms with Crippen molar-refractivity contribution in [1.29, 1.82) is 0 Å². The number of rotatable bonds is 11. The number of likely N-dealkylation sites (tertiary alicyclic amines) is 1. The normalized spacial score (nSPS) is 18.7. The number of carbonyl (C=O) groups is 5. The Morgan fingerprint density at radius 3 is 2.31 bits per heavy atom. The number of amides is 4. The Morgan fingerprint density at radius 1 is 1.14 bits per heavy atom. The van der Waals surface area contributed by atoms with E-state index in [-0.39, 0.29) is 31.6 Å². The average molecular weight is 494 g/mol. The Labute approximate surface area is 201 Å². The van der Waals surface area contributed by atoms with Gasteiger partial charge in [0, 0.05) is 13.0 Å². The summed E-state index contributed by atoms with van der Waals surface area (Å²) in [6.07, 6.45) is -1.13. The minimum Gasteiger partial charge on any atom is -0.508 e. The Balaban J connectivity index is 2.08. The highest BCUT2D eigenvalue weighted by atomic mass is 16.4. The van der Waals surface area contributed by atoms with Crippen LogP contribution in [0.4, 0.5) is 0 Å². The predicted molar refractivity (Wildman–Crippen MR) is 122 cm³/mol. The summed E-state index contributed by atoms with van der Waals surface area (Å²) in [5.41, 5.74) is 11.3. The number of nitrogens with zero attached hydrogens (tertiary/aromatic N) is 1. The molecule has 35 heavy (non-hydrogen) atoms. The Kier molecular flexibility index (Phi) is 9.54. The topological polar surface area (TPSA) is 225 Å². The van der Waals surface area contributed by atoms with E-state index >= 15 is 0 Å². The van der Waals surface area contributed by atoms with E-state index in [2.05, 4.69) is 10.6 Å². The lowest BCUT2D eigenvalue weighted by Crippen LogP contribution is -2.59. The fourth-order valence-electron chi connectivity index (χ4n) is 3.80. The molecule has 1 saturated heterocycles. The highest BCUT2D eigenvalue weighted by Gasteiger charge is 2.39. The van der Waals surface area contributed by atoms with Crippen LogP contribution in [0.1, 0.15) is 31.7 Å². The molecule has 0 bridgehead atoms. The standard InChI is InChI=1S/C22H31N5O8/c1-11(28)18(20(32)25-15(22(34)35)9-12-4-6-13(29)7-5-12)26-19(31)16-3-2-8-27(16)21(33)14(23)10-17(24)30/h4-7,11,14-16,18,28-29H,2-3,8-10,23H2,1H3,(H2,24,30)(H,25,32)(H,26,31)(H,34,35). The van der Waals surface area contributed by atoms with Crippen molar-refractivity contribution in [3.8, 4) is 5.75 Å². The fraction of sp³-hybridized carbons (Fsp3) is 0.500. The number of hydrogen-bond acceptors (Lipinski definition) is 8. The summed E-state index contributed by atoms with van der Waals surface area (Å²) in [7, 11) is 0. The van der Waals surface area contributed by atoms with Crippen LogP contribution in [0, 0.1) is 0 Å². The van der Waals surface area contributed by atoms with Crippen molar-refractivity contribution in [1.82, 2.24) is 15.5 Å². The van der Waals surface area contributed by atoms with Gasteiger partial charge in [0.2, 0.25) is 23.6 Å². The summed E-state index contributed by atoms with van der Waals surface area (Å²) in [6.45, 7) is 1.46. The third kappa shape index (κ3) is 7.65. The molecular weight excluding hydrogens is 462 g/mol. The van der Waals surface area contributed by atoms with Gasteiger partial charge in [0.05, 0.1) is 18.6 Å². The number of nitrogens with two attached hydrogens (primary N) is 2. The van der Waals surface area contributed by atoms with Crippen LogP contribution in [0.2, 0.25) is 0 Å². The summed E-state index contributed by atoms with van der Waals surface area (Å²) in [5, 5.41) is 33.7. The van der Waals surface area contributed by atoms with Gasteiger partial charge in [-0.05, 0) is 37.5 Å². The SMILES string of the molecule is CC(O)C(NC(=O)C1CCCN1C(=O)C(N)CC(N)=O)C(=O)NC(Cc1ccc(O)cc1)C(=O)O. The lowest BCUT2D eigenvalue weighted by molar-refractivity contribution is -0.144. The molecule has 1 heterocycles. The predicted octanol–water partition coefficient (Wildman–Crippen LogP) is -2.44. The van der Waals surface area contributed by atoms with Crippen LogP contribution in [-0.2, 0) is 30.4 Å². The van der Waals surface area contributed by atoms with Crippen LogP contribution in [0.15, 0.2) is 24.3 Å². The molecule has 0 aliphatic carbocycles. The first-order valence-electron chi connectivity index (χ1n) is 11.0. The zero-order valence-corrected chi connectivity index (χ0v) is 19.2. The molecule has 0 radical (unpaired) electrons. The van der Waals surface area contributed by atoms with E-state index in [9.17, 15) is 39.3 Å². The van der Waals surface area contributed by atoms with Gasteiger partial charge < -0.3 is 42.3 Å². The van der Waals surface area contributed by atoms with Gasteiger partial charge in [-0.3, -0.25) is 19.2 Å². The molecule has 2 rings (SSSR count). The number of hydrogen-bond donors (Lipinski definition) is 7. The number of phenols is 1. The number of aliphatic carboxylic acids is 1. The molecule has 1 aliphatic heterocycles. The number of aliphatic hydroxyl groups excluding tert-OH is 1. The van der Waals surface area contributed by atoms with E-state index in [1.807, 2.05) is 0 Å². The maximum atomic E-state index is 12.9. The molecule has 0 saturated carbocycles. The molecule has 1 fully saturated rings. The largest absolute Gasteiger partial charge is 0.508 e. The first kappa shape index (κ1) is 27.5. The molecule has 1 aliphatic rings. The molecule has 192 valence electrons. The van der Waals surface area contributed by atoms with Gasteiger partial charge in [0.25, 0.3) is 0 Å². The summed E-state index contributed by atoms with van der Waals surface area (Å²) in [4.78, 5) is 62.2. The van der Waals surface area contributed by atoms with E-state index in [0.717, 1.165) is 0 Å². The first-order valence-corrected chi connectivity index (χ1v) is 11.0. The summed E-state index contributed by atoms with van der Waals surface area (Å²) in [6, 6.07) is 0.677. The monoisotopic (exact) mass is 493 g/mol. The molecule has 0 aromatic heterocycles. The maximum Gasteiger partial charge on any atom is 0.326 e. The molecule has 13 nitrogen and oxygen atoms in total. The smallest absolute Gasteiger partial charge is 0.326 e. The molecule has 5 atom stereocenters. The zero-order chi connectivity index (χ0) is 26.3. The van der Waals surface area contributed by atoms with Crippen molar-refractivity contribution in [3.05, 3.63) is 29.8 Å². The van der Waals surface area contributed by atoms with E-state index in [1.54, 1.807) is 0 Å². The Hall–Kier alpha value is -3.71. The van der Waals surface area contributed by atoms with Crippen molar-refractivity contribution in [3.63, 3.8) is 0 Å². The van der Waals surface area contributed by atoms with E-state index < -0.39 is 59.9 Å². The van der Waals surface area contributed by atoms with Gasteiger partial charge in [-0.15, -0.1) is 0 Å². The number of carbonyl (C=O) groups excluding carboxylic acids is 4. The highest BCUT2D eigenvalue weighted by Crippen LogP contribution is 2.19. The molecule has 1 aromatic rings. The number of benzene rings is 1. The molecule has 0 spiro atoms. The molecule has 5 unspecified atom stereocenters. The summed E-state index contributed by atoms with van der Waals surface area (Å²) < 4.78 is 0. The quantitative estimate of drug-likeness (QED) is 0.174. The van der Waals surface area contributed by atoms with Crippen LogP contribution in [0.25, 0.3) is 0 Å². The highest BCUT2D eigenvalue weighted by molar-refractivity contribution is 5.95. The second-order valence-electron chi connectivity index (χ2n) is 8.46. The van der Waals surface area contributed by atoms with Crippen LogP contribution in [-0.4, -0.2) is 86.6 Å². The van der Waals surface area contributed by atoms with Crippen molar-refractivity contribution < 1.29 is 39.3 Å². The van der Waals surface area contributed by atoms with Gasteiger partial charge in [-0.1, -0.05) is 12.1 Å². The van der Waals surface area contributed by atoms with Crippen molar-refractivity contribution >= 4 is 29.6 Å². The van der Waals surface area contributed by atoms with E-state index in [0.29, 0.717) is 12.0 Å². The number of primary amides is 1. The fourth-order valence-corrected chi connectivity index (χ4v) is 3.80. The second kappa shape index (κ2) is 12.1. The van der Waals surface area contributed by atoms with Crippen LogP contribution >= 0.6 is 0 Å². The summed E-state index contributed by atoms with van der Waals surface area (Å²) >= 11 is 0. The number of phenolic OH excluding ortho intramolecular Hbond substituents is 1. The van der Waals surface area contributed by atoms with Crippen LogP contribution < -0.4 is 22.1 Å². The van der Waals surface area contributed by atoms with Crippen LogP contribution in [0.5, 0.6) is 5.75 Å². The van der Waals surface area contributed by atoms with Gasteiger partial charge in [0.15, 0.2) is 0 Å². The zero-order valence-electron chi connectivity index (χ0n) is 19.2. The number of nitrogens with one attached hydrogen (secondary N) is 2. The molecule has 9 N–H and O–H groups in total. The third-order valence-corrected chi connectivity index (χ3v) is 5.63. The number of carboxylic acid groups (broad SMARTS) is 1. The lowest BCUT2D eigenvalue weighted by atomic mass is 10.0. The molecular formula is C22H31N5O8. The number of carboxylic acids is 1. The van der Waals surface area contributed by atoms with Gasteiger partial charge in [-0.2, -0.15) is 0 Å². The van der Waals surface area contributed by atoms with Crippen molar-refractivity contribution in [2.75, 3.05) is 6.54 Å². The molecule has 4 amide bonds. The average Bonchev–Trinajstić information content (AvgIpc) is 3.26. The Morgan fingerprint density at radius 2 is 1.77 bits per heavy atom. The number of aromatic hydroxyl groups is 1. The minimum absolute atomic E-state index is 0.00318. The van der Waals surface area contributed by atoms with Crippen LogP contribution in [0.3, 0.4) is 0 Å². The van der Waals surface area contributed by atoms with E-state index in [1.165, 1.54) is 36.1 Å². The van der Waals surface area contributed by atoms with Crippen molar-refractivity contribution in [2.45, 2.75) is 62.9 Å². The minimum atomic E-state index is -1.50. The van der Waals surface area contributed by atoms with Gasteiger partial charge >= 0.3 is 5.97 Å². The first-order chi connectivity index (χ1) is 16.4. The second-order valence-corrected chi connectivity index (χ2v) is 8.46. The van der Waals surface area contributed by atoms with Gasteiger partial charge in [-0.25, -0.2) is 4.79 Å². The van der Waals surface area contributed by atoms with Gasteiger partial charge in [0.1, 0.15) is 23.9 Å². The Bertz CT molecular complexity index is 952. The van der Waals surface area contributed by atoms with Crippen molar-refractivity contribution in [2.24, 2.45) is 11.5 Å². The number of aliphatic hydroxyl groups is 1. The summed E-state index contributed by atoms with van der Waals surface area (Å²) in [5.74, 6) is -4.40. The molecule has 13 heteroatoms. The third-order valence-electron chi connectivity index (χ3n) is 5.63. The molecule has 1 aromatic carbocycles.